The van der Waals surface area contributed by atoms with Gasteiger partial charge in [0.15, 0.2) is 0 Å². The largest absolute Gasteiger partial charge is 0.487 e. The van der Waals surface area contributed by atoms with Gasteiger partial charge in [-0.3, -0.25) is 55.0 Å². The summed E-state index contributed by atoms with van der Waals surface area (Å²) < 4.78 is 118. The number of halogens is 6. The minimum Gasteiger partial charge on any atom is -0.262 e. The van der Waals surface area contributed by atoms with Gasteiger partial charge in [0.05, 0.1) is 0 Å². The molecule has 0 aromatic heterocycles. The van der Waals surface area contributed by atoms with Crippen LogP contribution in [0.2, 0.25) is 0 Å². The molecule has 65 heavy (non-hydrogen) atoms. The van der Waals surface area contributed by atoms with Crippen LogP contribution in [-0.4, -0.2) is 160 Å². The summed E-state index contributed by atoms with van der Waals surface area (Å²) in [7, 11) is -5.99. The molecule has 0 aliphatic carbocycles. The summed E-state index contributed by atoms with van der Waals surface area (Å²) in [5.41, 5.74) is 0. The molecule has 9 unspecified atom stereocenters. The van der Waals surface area contributed by atoms with E-state index in [9.17, 15) is 29.7 Å². The van der Waals surface area contributed by atoms with Crippen LogP contribution >= 0.6 is 89.0 Å². The molecule has 0 bridgehead atoms. The number of rotatable bonds is 15. The third-order valence-corrected chi connectivity index (χ3v) is 21.4. The van der Waals surface area contributed by atoms with Crippen LogP contribution in [0.1, 0.15) is 116 Å². The van der Waals surface area contributed by atoms with Crippen LogP contribution in [0.5, 0.6) is 0 Å². The Morgan fingerprint density at radius 2 is 0.369 bits per heavy atom. The van der Waals surface area contributed by atoms with Crippen LogP contribution in [0.15, 0.2) is 0 Å². The second-order valence-electron chi connectivity index (χ2n) is 16.7. The highest BCUT2D eigenvalue weighted by Crippen LogP contribution is 2.63. The molecule has 0 N–H and O–H groups in total. The van der Waals surface area contributed by atoms with E-state index in [1.807, 2.05) is 28.0 Å². The van der Waals surface area contributed by atoms with Gasteiger partial charge in [0.1, 0.15) is 81.1 Å². The number of hydrogen-bond donors (Lipinski definition) is 0. The van der Waals surface area contributed by atoms with E-state index in [1.54, 1.807) is 0 Å². The fourth-order valence-electron chi connectivity index (χ4n) is 7.61. The SMILES string of the molecule is FPN1CCCC1.FPN1CCCC1.FPN1CCCC1.FPN1CCCC1.FPN1CCCC1.FPN1CCCC1.O=P(OPN1CCCC1)(OPN1CCCC1)OPN1CCCC1. The lowest BCUT2D eigenvalue weighted by Gasteiger charge is -2.24. The molecule has 0 radical (unpaired) electrons. The molecule has 9 saturated heterocycles. The lowest BCUT2D eigenvalue weighted by atomic mass is 10.4. The van der Waals surface area contributed by atoms with Gasteiger partial charge in [-0.1, -0.05) is 0 Å². The maximum Gasteiger partial charge on any atom is 0.487 e. The van der Waals surface area contributed by atoms with Crippen molar-refractivity contribution >= 4 is 89.0 Å². The normalized spacial score (nSPS) is 26.4. The molecule has 0 aromatic rings. The van der Waals surface area contributed by atoms with Crippen molar-refractivity contribution in [3.8, 4) is 0 Å². The van der Waals surface area contributed by atoms with Gasteiger partial charge in [0.25, 0.3) is 0 Å². The highest BCUT2D eigenvalue weighted by Gasteiger charge is 2.32. The van der Waals surface area contributed by atoms with Crippen LogP contribution in [0.4, 0.5) is 25.2 Å². The Morgan fingerprint density at radius 3 is 0.477 bits per heavy atom. The van der Waals surface area contributed by atoms with Crippen LogP contribution in [-0.2, 0) is 17.5 Å². The van der Waals surface area contributed by atoms with Gasteiger partial charge < -0.3 is 0 Å². The van der Waals surface area contributed by atoms with Gasteiger partial charge in [-0.2, -0.15) is 0 Å². The second kappa shape index (κ2) is 41.5. The number of hydrogen-bond acceptors (Lipinski definition) is 13. The van der Waals surface area contributed by atoms with E-state index in [1.165, 1.54) is 116 Å². The summed E-state index contributed by atoms with van der Waals surface area (Å²) in [5.74, 6) is 0. The zero-order chi connectivity index (χ0) is 46.6. The minimum atomic E-state index is -3.46. The van der Waals surface area contributed by atoms with E-state index in [2.05, 4.69) is 14.0 Å². The molecule has 0 saturated carbocycles. The highest BCUT2D eigenvalue weighted by molar-refractivity contribution is 7.64. The van der Waals surface area contributed by atoms with Crippen molar-refractivity contribution in [2.24, 2.45) is 0 Å². The Labute approximate surface area is 405 Å². The van der Waals surface area contributed by atoms with Crippen molar-refractivity contribution < 1.29 is 42.7 Å². The van der Waals surface area contributed by atoms with Crippen LogP contribution in [0.25, 0.3) is 0 Å². The van der Waals surface area contributed by atoms with Crippen molar-refractivity contribution in [1.82, 2.24) is 42.0 Å². The minimum absolute atomic E-state index is 0.0700. The fraction of sp³-hybridized carbons (Fsp3) is 1.00. The molecule has 9 rings (SSSR count). The zero-order valence-corrected chi connectivity index (χ0v) is 48.2. The van der Waals surface area contributed by atoms with Crippen molar-refractivity contribution in [2.45, 2.75) is 116 Å². The van der Waals surface area contributed by atoms with Gasteiger partial charge in [-0.15, -0.1) is 0 Å². The molecular formula is C36H81F6N9O4P10. The third kappa shape index (κ3) is 30.9. The Balaban J connectivity index is 0.000000221. The van der Waals surface area contributed by atoms with Gasteiger partial charge >= 0.3 is 7.82 Å². The Morgan fingerprint density at radius 1 is 0.246 bits per heavy atom. The molecular weight excluding hydrogens is 1050 g/mol. The lowest BCUT2D eigenvalue weighted by molar-refractivity contribution is 0.314. The molecule has 9 aliphatic heterocycles. The van der Waals surface area contributed by atoms with Crippen LogP contribution in [0, 0.1) is 0 Å². The van der Waals surface area contributed by atoms with E-state index in [0.29, 0.717) is 0 Å². The Kier molecular flexibility index (Phi) is 39.9. The van der Waals surface area contributed by atoms with Crippen molar-refractivity contribution in [1.29, 1.82) is 0 Å². The lowest BCUT2D eigenvalue weighted by Crippen LogP contribution is -2.10. The molecule has 9 heterocycles. The van der Waals surface area contributed by atoms with Crippen molar-refractivity contribution in [3.05, 3.63) is 0 Å². The summed E-state index contributed by atoms with van der Waals surface area (Å²) in [6, 6.07) is 0. The second-order valence-corrected chi connectivity index (χ2v) is 27.1. The average molecular weight is 1130 g/mol. The highest BCUT2D eigenvalue weighted by atomic mass is 31.3. The summed E-state index contributed by atoms with van der Waals surface area (Å²) in [6.45, 7) is 17.9. The van der Waals surface area contributed by atoms with E-state index >= 15 is 0 Å². The third-order valence-electron chi connectivity index (χ3n) is 11.5. The van der Waals surface area contributed by atoms with Gasteiger partial charge in [-0.25, -0.2) is 29.7 Å². The van der Waals surface area contributed by atoms with Gasteiger partial charge in [0, 0.05) is 118 Å². The summed E-state index contributed by atoms with van der Waals surface area (Å²) in [6.07, 6.45) is 21.4. The number of nitrogens with zero attached hydrogens (tertiary/aromatic N) is 9. The first-order valence-corrected chi connectivity index (χ1v) is 32.7. The quantitative estimate of drug-likeness (QED) is 0.116. The number of phosphoric acid groups is 1. The molecule has 29 heteroatoms. The summed E-state index contributed by atoms with van der Waals surface area (Å²) in [4.78, 5) is 0. The fourth-order valence-corrected chi connectivity index (χ4v) is 16.1. The topological polar surface area (TPSA) is 73.9 Å². The maximum atomic E-state index is 13.0. The molecule has 9 aliphatic rings. The van der Waals surface area contributed by atoms with Crippen LogP contribution < -0.4 is 0 Å². The molecule has 0 spiro atoms. The van der Waals surface area contributed by atoms with E-state index in [-0.39, 0.29) is 26.9 Å². The first kappa shape index (κ1) is 62.5. The first-order valence-electron chi connectivity index (χ1n) is 23.7. The molecule has 9 atom stereocenters. The Bertz CT molecular complexity index is 969. The molecule has 386 valence electrons. The van der Waals surface area contributed by atoms with E-state index in [0.717, 1.165) is 118 Å². The van der Waals surface area contributed by atoms with Gasteiger partial charge in [-0.05, 0) is 116 Å². The molecule has 0 amide bonds. The van der Waals surface area contributed by atoms with Crippen molar-refractivity contribution in [3.63, 3.8) is 0 Å². The first-order chi connectivity index (χ1) is 31.8. The van der Waals surface area contributed by atoms with Gasteiger partial charge in [0.2, 0.25) is 0 Å². The standard InChI is InChI=1S/C12H27N3O4P4.6C4H9FNP/c16-23(17-20-13-7-1-2-8-13,18-21-14-9-3-4-10-14)19-22-15-11-5-6-12-15;6*5-7-6-3-1-2-4-6/h20-22H,1-12H2;6*7H,1-4H2. The van der Waals surface area contributed by atoms with Crippen LogP contribution in [0.3, 0.4) is 0 Å². The average Bonchev–Trinajstić information content (AvgIpc) is 4.22. The summed E-state index contributed by atoms with van der Waals surface area (Å²) >= 11 is 0. The molecule has 0 aromatic carbocycles. The smallest absolute Gasteiger partial charge is 0.262 e. The van der Waals surface area contributed by atoms with E-state index < -0.39 is 62.1 Å². The molecule has 9 fully saturated rings. The molecule has 13 nitrogen and oxygen atoms in total. The monoisotopic (exact) mass is 1130 g/mol. The Hall–Kier alpha value is 3.20. The zero-order valence-electron chi connectivity index (χ0n) is 38.3. The predicted octanol–water partition coefficient (Wildman–Crippen LogP) is 13.3. The predicted molar refractivity (Wildman–Crippen MR) is 280 cm³/mol. The van der Waals surface area contributed by atoms with Crippen molar-refractivity contribution in [2.75, 3.05) is 118 Å². The summed E-state index contributed by atoms with van der Waals surface area (Å²) in [5, 5.41) is 0. The van der Waals surface area contributed by atoms with E-state index in [4.69, 9.17) is 12.9 Å². The maximum absolute atomic E-state index is 13.0.